The van der Waals surface area contributed by atoms with Gasteiger partial charge >= 0.3 is 0 Å². The van der Waals surface area contributed by atoms with Gasteiger partial charge in [-0.15, -0.1) is 0 Å². The van der Waals surface area contributed by atoms with Crippen LogP contribution in [0.4, 0.5) is 11.4 Å². The summed E-state index contributed by atoms with van der Waals surface area (Å²) in [5.74, 6) is 0.300. The van der Waals surface area contributed by atoms with E-state index >= 15 is 0 Å². The lowest BCUT2D eigenvalue weighted by atomic mass is 10.2. The molecule has 0 aliphatic heterocycles. The fourth-order valence-corrected chi connectivity index (χ4v) is 1.94. The summed E-state index contributed by atoms with van der Waals surface area (Å²) in [6.45, 7) is 5.11. The molecule has 0 spiro atoms. The Morgan fingerprint density at radius 2 is 1.71 bits per heavy atom. The van der Waals surface area contributed by atoms with Crippen LogP contribution in [0.1, 0.15) is 12.5 Å². The maximum atomic E-state index is 9.31. The second kappa shape index (κ2) is 4.91. The molecule has 0 atom stereocenters. The molecule has 0 unspecified atom stereocenters. The van der Waals surface area contributed by atoms with E-state index in [1.165, 1.54) is 11.3 Å². The summed E-state index contributed by atoms with van der Waals surface area (Å²) >= 11 is 0. The van der Waals surface area contributed by atoms with E-state index in [0.29, 0.717) is 5.75 Å². The molecule has 0 aliphatic carbocycles. The minimum Gasteiger partial charge on any atom is -0.508 e. The lowest BCUT2D eigenvalue weighted by molar-refractivity contribution is 0.475. The van der Waals surface area contributed by atoms with Crippen LogP contribution in [0.2, 0.25) is 0 Å². The van der Waals surface area contributed by atoms with E-state index in [2.05, 4.69) is 43.0 Å². The van der Waals surface area contributed by atoms with E-state index < -0.39 is 0 Å². The Hall–Kier alpha value is -1.96. The predicted octanol–water partition coefficient (Wildman–Crippen LogP) is 3.86. The first-order valence-corrected chi connectivity index (χ1v) is 5.84. The number of rotatable bonds is 3. The minimum atomic E-state index is 0.300. The Balaban J connectivity index is 2.36. The van der Waals surface area contributed by atoms with Gasteiger partial charge in [-0.2, -0.15) is 0 Å². The van der Waals surface area contributed by atoms with Gasteiger partial charge in [0.1, 0.15) is 5.75 Å². The van der Waals surface area contributed by atoms with Gasteiger partial charge in [-0.1, -0.05) is 12.1 Å². The lowest BCUT2D eigenvalue weighted by Crippen LogP contribution is -2.15. The Morgan fingerprint density at radius 3 is 2.29 bits per heavy atom. The van der Waals surface area contributed by atoms with Gasteiger partial charge in [-0.25, -0.2) is 0 Å². The van der Waals surface area contributed by atoms with Crippen LogP contribution < -0.4 is 4.90 Å². The average molecular weight is 227 g/mol. The Morgan fingerprint density at radius 1 is 1.00 bits per heavy atom. The predicted molar refractivity (Wildman–Crippen MR) is 72.0 cm³/mol. The summed E-state index contributed by atoms with van der Waals surface area (Å²) in [5, 5.41) is 9.31. The van der Waals surface area contributed by atoms with Crippen molar-refractivity contribution in [3.63, 3.8) is 0 Å². The van der Waals surface area contributed by atoms with Gasteiger partial charge in [0.05, 0.1) is 0 Å². The number of hydrogen-bond donors (Lipinski definition) is 1. The molecule has 0 aliphatic rings. The number of phenolic OH excluding ortho intramolecular Hbond substituents is 1. The highest BCUT2D eigenvalue weighted by Crippen LogP contribution is 2.26. The monoisotopic (exact) mass is 227 g/mol. The van der Waals surface area contributed by atoms with Crippen LogP contribution in [-0.2, 0) is 0 Å². The van der Waals surface area contributed by atoms with E-state index in [9.17, 15) is 5.11 Å². The first-order valence-electron chi connectivity index (χ1n) is 5.84. The van der Waals surface area contributed by atoms with Crippen molar-refractivity contribution in [1.82, 2.24) is 0 Å². The Kier molecular flexibility index (Phi) is 3.33. The molecule has 2 nitrogen and oxygen atoms in total. The minimum absolute atomic E-state index is 0.300. The van der Waals surface area contributed by atoms with Crippen LogP contribution in [0.15, 0.2) is 48.5 Å². The molecule has 0 radical (unpaired) electrons. The van der Waals surface area contributed by atoms with Crippen LogP contribution in [0.25, 0.3) is 0 Å². The van der Waals surface area contributed by atoms with Crippen LogP contribution in [0.5, 0.6) is 5.75 Å². The smallest absolute Gasteiger partial charge is 0.115 e. The van der Waals surface area contributed by atoms with Gasteiger partial charge in [-0.05, 0) is 55.8 Å². The summed E-state index contributed by atoms with van der Waals surface area (Å²) < 4.78 is 0. The molecule has 0 saturated carbocycles. The van der Waals surface area contributed by atoms with Crippen molar-refractivity contribution in [1.29, 1.82) is 0 Å². The molecule has 2 heteroatoms. The molecule has 88 valence electrons. The van der Waals surface area contributed by atoms with Gasteiger partial charge in [0.2, 0.25) is 0 Å². The molecule has 2 aromatic carbocycles. The van der Waals surface area contributed by atoms with Crippen molar-refractivity contribution >= 4 is 11.4 Å². The quantitative estimate of drug-likeness (QED) is 0.860. The van der Waals surface area contributed by atoms with Crippen molar-refractivity contribution in [3.05, 3.63) is 54.1 Å². The number of benzene rings is 2. The van der Waals surface area contributed by atoms with Crippen molar-refractivity contribution < 1.29 is 5.11 Å². The van der Waals surface area contributed by atoms with E-state index in [4.69, 9.17) is 0 Å². The highest BCUT2D eigenvalue weighted by molar-refractivity contribution is 5.64. The molecule has 2 aromatic rings. The second-order valence-electron chi connectivity index (χ2n) is 4.10. The molecule has 0 fully saturated rings. The van der Waals surface area contributed by atoms with Gasteiger partial charge in [0, 0.05) is 17.9 Å². The molecule has 0 bridgehead atoms. The first kappa shape index (κ1) is 11.5. The normalized spacial score (nSPS) is 10.2. The van der Waals surface area contributed by atoms with E-state index in [1.54, 1.807) is 12.1 Å². The summed E-state index contributed by atoms with van der Waals surface area (Å²) in [6.07, 6.45) is 0. The molecule has 0 amide bonds. The van der Waals surface area contributed by atoms with Crippen LogP contribution in [0.3, 0.4) is 0 Å². The highest BCUT2D eigenvalue weighted by Gasteiger charge is 2.06. The van der Waals surface area contributed by atoms with Crippen molar-refractivity contribution in [2.24, 2.45) is 0 Å². The first-order chi connectivity index (χ1) is 8.20. The maximum Gasteiger partial charge on any atom is 0.115 e. The third-order valence-corrected chi connectivity index (χ3v) is 2.79. The summed E-state index contributed by atoms with van der Waals surface area (Å²) in [6, 6.07) is 15.7. The maximum absolute atomic E-state index is 9.31. The Bertz CT molecular complexity index is 491. The van der Waals surface area contributed by atoms with Crippen molar-refractivity contribution in [2.75, 3.05) is 11.4 Å². The zero-order chi connectivity index (χ0) is 12.3. The summed E-state index contributed by atoms with van der Waals surface area (Å²) in [7, 11) is 0. The zero-order valence-corrected chi connectivity index (χ0v) is 10.2. The number of nitrogens with zero attached hydrogens (tertiary/aromatic N) is 1. The number of hydrogen-bond acceptors (Lipinski definition) is 2. The molecule has 2 rings (SSSR count). The number of aryl methyl sites for hydroxylation is 1. The fraction of sp³-hybridized carbons (Fsp3) is 0.200. The van der Waals surface area contributed by atoms with Crippen molar-refractivity contribution in [3.8, 4) is 5.75 Å². The number of anilines is 2. The largest absolute Gasteiger partial charge is 0.508 e. The number of phenols is 1. The van der Waals surface area contributed by atoms with Gasteiger partial charge in [-0.3, -0.25) is 0 Å². The Labute approximate surface area is 102 Å². The average Bonchev–Trinajstić information content (AvgIpc) is 2.33. The van der Waals surface area contributed by atoms with Gasteiger partial charge < -0.3 is 10.0 Å². The molecule has 0 saturated heterocycles. The number of aromatic hydroxyl groups is 1. The second-order valence-corrected chi connectivity index (χ2v) is 4.10. The fourth-order valence-electron chi connectivity index (χ4n) is 1.94. The van der Waals surface area contributed by atoms with Crippen molar-refractivity contribution in [2.45, 2.75) is 13.8 Å². The van der Waals surface area contributed by atoms with Gasteiger partial charge in [0.15, 0.2) is 0 Å². The van der Waals surface area contributed by atoms with E-state index in [1.807, 2.05) is 12.1 Å². The SMILES string of the molecule is CCN(c1ccc(O)cc1)c1cccc(C)c1. The topological polar surface area (TPSA) is 23.5 Å². The van der Waals surface area contributed by atoms with Gasteiger partial charge in [0.25, 0.3) is 0 Å². The highest BCUT2D eigenvalue weighted by atomic mass is 16.3. The van der Waals surface area contributed by atoms with Crippen LogP contribution in [0, 0.1) is 6.92 Å². The molecule has 0 heterocycles. The third kappa shape index (κ3) is 2.59. The molecule has 0 aromatic heterocycles. The molecular formula is C15H17NO. The van der Waals surface area contributed by atoms with Crippen LogP contribution in [-0.4, -0.2) is 11.7 Å². The molecular weight excluding hydrogens is 210 g/mol. The van der Waals surface area contributed by atoms with E-state index in [-0.39, 0.29) is 0 Å². The zero-order valence-electron chi connectivity index (χ0n) is 10.2. The van der Waals surface area contributed by atoms with Crippen LogP contribution >= 0.6 is 0 Å². The summed E-state index contributed by atoms with van der Waals surface area (Å²) in [4.78, 5) is 2.21. The summed E-state index contributed by atoms with van der Waals surface area (Å²) in [5.41, 5.74) is 3.52. The molecule has 17 heavy (non-hydrogen) atoms. The third-order valence-electron chi connectivity index (χ3n) is 2.79. The molecule has 1 N–H and O–H groups in total. The lowest BCUT2D eigenvalue weighted by Gasteiger charge is -2.23. The standard InChI is InChI=1S/C15H17NO/c1-3-16(13-7-9-15(17)10-8-13)14-6-4-5-12(2)11-14/h4-11,17H,3H2,1-2H3. The van der Waals surface area contributed by atoms with E-state index in [0.717, 1.165) is 12.2 Å².